The van der Waals surface area contributed by atoms with Crippen molar-refractivity contribution in [2.45, 2.75) is 24.5 Å². The van der Waals surface area contributed by atoms with Crippen LogP contribution in [0.5, 0.6) is 0 Å². The van der Waals surface area contributed by atoms with E-state index in [0.29, 0.717) is 12.1 Å². The summed E-state index contributed by atoms with van der Waals surface area (Å²) in [5, 5.41) is 8.25. The molecule has 3 aromatic heterocycles. The van der Waals surface area contributed by atoms with E-state index in [4.69, 9.17) is 0 Å². The van der Waals surface area contributed by atoms with Crippen molar-refractivity contribution in [3.8, 4) is 0 Å². The Balaban J connectivity index is 1.39. The first-order valence-corrected chi connectivity index (χ1v) is 12.0. The van der Waals surface area contributed by atoms with Crippen LogP contribution in [-0.4, -0.2) is 36.7 Å². The highest BCUT2D eigenvalue weighted by Crippen LogP contribution is 2.34. The zero-order valence-electron chi connectivity index (χ0n) is 17.5. The number of hydrogen-bond acceptors (Lipinski definition) is 7. The maximum absolute atomic E-state index is 13.5. The second-order valence-electron chi connectivity index (χ2n) is 7.54. The lowest BCUT2D eigenvalue weighted by molar-refractivity contribution is -0.130. The minimum Gasteiger partial charge on any atom is -0.272 e. The van der Waals surface area contributed by atoms with E-state index in [1.165, 1.54) is 21.5 Å². The van der Waals surface area contributed by atoms with E-state index in [0.717, 1.165) is 33.5 Å². The summed E-state index contributed by atoms with van der Waals surface area (Å²) in [6.45, 7) is 1.91. The zero-order chi connectivity index (χ0) is 22.9. The van der Waals surface area contributed by atoms with Gasteiger partial charge in [0.15, 0.2) is 5.16 Å². The molecule has 0 radical (unpaired) electrons. The van der Waals surface area contributed by atoms with Gasteiger partial charge in [-0.3, -0.25) is 9.20 Å². The quantitative estimate of drug-likeness (QED) is 0.403. The molecule has 7 nitrogen and oxygen atoms in total. The minimum atomic E-state index is -0.446. The third kappa shape index (κ3) is 4.44. The van der Waals surface area contributed by atoms with E-state index in [-0.39, 0.29) is 28.7 Å². The number of carbonyl (C=O) groups excluding carboxylic acids is 1. The van der Waals surface area contributed by atoms with Gasteiger partial charge in [-0.2, -0.15) is 10.1 Å². The van der Waals surface area contributed by atoms with Crippen LogP contribution in [0.1, 0.15) is 28.5 Å². The number of aryl methyl sites for hydroxylation is 1. The number of halogens is 1. The lowest BCUT2D eigenvalue weighted by Crippen LogP contribution is -2.29. The summed E-state index contributed by atoms with van der Waals surface area (Å²) in [6.07, 6.45) is 2.17. The molecule has 0 saturated carbocycles. The number of nitrogens with zero attached hydrogens (tertiary/aromatic N) is 5. The molecule has 1 aromatic carbocycles. The first-order chi connectivity index (χ1) is 16.0. The number of hydrazone groups is 1. The Morgan fingerprint density at radius 3 is 2.79 bits per heavy atom. The topological polar surface area (TPSA) is 79.9 Å². The van der Waals surface area contributed by atoms with Gasteiger partial charge in [-0.25, -0.2) is 19.2 Å². The van der Waals surface area contributed by atoms with Crippen LogP contribution in [0.2, 0.25) is 0 Å². The average Bonchev–Trinajstić information content (AvgIpc) is 3.48. The van der Waals surface area contributed by atoms with Crippen molar-refractivity contribution in [3.05, 3.63) is 92.4 Å². The van der Waals surface area contributed by atoms with Gasteiger partial charge in [-0.15, -0.1) is 11.3 Å². The molecule has 0 saturated heterocycles. The first-order valence-electron chi connectivity index (χ1n) is 10.2. The van der Waals surface area contributed by atoms with Crippen molar-refractivity contribution in [2.75, 3.05) is 5.75 Å². The molecule has 0 N–H and O–H groups in total. The van der Waals surface area contributed by atoms with Crippen molar-refractivity contribution >= 4 is 40.4 Å². The van der Waals surface area contributed by atoms with E-state index < -0.39 is 5.69 Å². The fraction of sp³-hybridized carbons (Fsp3) is 0.174. The van der Waals surface area contributed by atoms with Crippen LogP contribution in [0.25, 0.3) is 5.65 Å². The summed E-state index contributed by atoms with van der Waals surface area (Å²) < 4.78 is 14.8. The molecule has 1 atom stereocenters. The maximum Gasteiger partial charge on any atom is 0.355 e. The van der Waals surface area contributed by atoms with E-state index in [1.54, 1.807) is 41.8 Å². The molecule has 4 aromatic rings. The largest absolute Gasteiger partial charge is 0.355 e. The standard InChI is InChI=1S/C23H18FN5O2S2/c1-14-8-9-28-20(11-14)25-22(26-23(28)31)33-13-21(30)29-18(15-4-6-16(24)7-5-15)12-17(27-29)19-3-2-10-32-19/h2-11,18H,12-13H2,1H3/t18-/m1/s1. The predicted molar refractivity (Wildman–Crippen MR) is 126 cm³/mol. The van der Waals surface area contributed by atoms with Gasteiger partial charge in [0.2, 0.25) is 0 Å². The summed E-state index contributed by atoms with van der Waals surface area (Å²) in [5.74, 6) is -0.561. The zero-order valence-corrected chi connectivity index (χ0v) is 19.1. The molecule has 0 fully saturated rings. The second kappa shape index (κ2) is 8.87. The van der Waals surface area contributed by atoms with Crippen LogP contribution in [0.3, 0.4) is 0 Å². The van der Waals surface area contributed by atoms with Gasteiger partial charge >= 0.3 is 5.69 Å². The number of rotatable bonds is 5. The molecular formula is C23H18FN5O2S2. The Morgan fingerprint density at radius 1 is 1.21 bits per heavy atom. The third-order valence-electron chi connectivity index (χ3n) is 5.25. The number of benzene rings is 1. The summed E-state index contributed by atoms with van der Waals surface area (Å²) >= 11 is 2.65. The first kappa shape index (κ1) is 21.5. The van der Waals surface area contributed by atoms with Crippen molar-refractivity contribution in [1.29, 1.82) is 0 Å². The monoisotopic (exact) mass is 479 g/mol. The summed E-state index contributed by atoms with van der Waals surface area (Å²) in [5.41, 5.74) is 2.62. The van der Waals surface area contributed by atoms with Gasteiger partial charge < -0.3 is 0 Å². The SMILES string of the molecule is Cc1ccn2c(=O)nc(SCC(=O)N3N=C(c4cccs4)C[C@@H]3c3ccc(F)cc3)nc2c1. The molecule has 0 aliphatic carbocycles. The number of amides is 1. The van der Waals surface area contributed by atoms with Crippen LogP contribution in [0.15, 0.2) is 75.2 Å². The molecule has 166 valence electrons. The fourth-order valence-electron chi connectivity index (χ4n) is 3.63. The number of thioether (sulfide) groups is 1. The highest BCUT2D eigenvalue weighted by atomic mass is 32.2. The molecule has 10 heteroatoms. The van der Waals surface area contributed by atoms with Gasteiger partial charge in [0.1, 0.15) is 11.5 Å². The van der Waals surface area contributed by atoms with Gasteiger partial charge in [0.05, 0.1) is 22.4 Å². The number of fused-ring (bicyclic) bond motifs is 1. The molecular weight excluding hydrogens is 461 g/mol. The average molecular weight is 480 g/mol. The molecule has 1 aliphatic rings. The van der Waals surface area contributed by atoms with Crippen molar-refractivity contribution < 1.29 is 9.18 Å². The van der Waals surface area contributed by atoms with Gasteiger partial charge in [-0.05, 0) is 53.8 Å². The second-order valence-corrected chi connectivity index (χ2v) is 9.43. The van der Waals surface area contributed by atoms with E-state index in [9.17, 15) is 14.0 Å². The summed E-state index contributed by atoms with van der Waals surface area (Å²) in [7, 11) is 0. The van der Waals surface area contributed by atoms with Crippen LogP contribution >= 0.6 is 23.1 Å². The smallest absolute Gasteiger partial charge is 0.272 e. The Hall–Kier alpha value is -3.37. The predicted octanol–water partition coefficient (Wildman–Crippen LogP) is 4.07. The Bertz CT molecular complexity index is 1420. The van der Waals surface area contributed by atoms with Crippen LogP contribution in [-0.2, 0) is 4.79 Å². The number of pyridine rings is 1. The van der Waals surface area contributed by atoms with E-state index >= 15 is 0 Å². The molecule has 33 heavy (non-hydrogen) atoms. The molecule has 4 heterocycles. The summed E-state index contributed by atoms with van der Waals surface area (Å²) in [4.78, 5) is 34.9. The van der Waals surface area contributed by atoms with Crippen molar-refractivity contribution in [1.82, 2.24) is 19.4 Å². The molecule has 0 unspecified atom stereocenters. The van der Waals surface area contributed by atoms with Crippen LogP contribution in [0.4, 0.5) is 4.39 Å². The lowest BCUT2D eigenvalue weighted by Gasteiger charge is -2.21. The minimum absolute atomic E-state index is 0.0142. The molecule has 1 amide bonds. The molecule has 1 aliphatic heterocycles. The van der Waals surface area contributed by atoms with Gasteiger partial charge in [-0.1, -0.05) is 30.0 Å². The van der Waals surface area contributed by atoms with E-state index in [1.807, 2.05) is 24.4 Å². The van der Waals surface area contributed by atoms with Crippen LogP contribution in [0, 0.1) is 12.7 Å². The highest BCUT2D eigenvalue weighted by molar-refractivity contribution is 7.99. The lowest BCUT2D eigenvalue weighted by atomic mass is 10.0. The van der Waals surface area contributed by atoms with Crippen LogP contribution < -0.4 is 5.69 Å². The Labute approximate surface area is 196 Å². The Morgan fingerprint density at radius 2 is 2.03 bits per heavy atom. The molecule has 0 bridgehead atoms. The summed E-state index contributed by atoms with van der Waals surface area (Å²) in [6, 6.07) is 13.3. The normalized spacial score (nSPS) is 15.8. The third-order valence-corrected chi connectivity index (χ3v) is 7.00. The number of hydrogen-bond donors (Lipinski definition) is 0. The molecule has 0 spiro atoms. The number of thiophene rings is 1. The van der Waals surface area contributed by atoms with Crippen molar-refractivity contribution in [2.24, 2.45) is 5.10 Å². The highest BCUT2D eigenvalue weighted by Gasteiger charge is 2.33. The maximum atomic E-state index is 13.5. The molecule has 5 rings (SSSR count). The van der Waals surface area contributed by atoms with E-state index in [2.05, 4.69) is 15.1 Å². The van der Waals surface area contributed by atoms with Gasteiger partial charge in [0.25, 0.3) is 5.91 Å². The Kier molecular flexibility index (Phi) is 5.77. The number of carbonyl (C=O) groups is 1. The number of aromatic nitrogens is 3. The van der Waals surface area contributed by atoms with Crippen molar-refractivity contribution in [3.63, 3.8) is 0 Å². The van der Waals surface area contributed by atoms with Gasteiger partial charge in [0, 0.05) is 12.6 Å². The fourth-order valence-corrected chi connectivity index (χ4v) is 5.04.